The number of rotatable bonds is 5. The number of fused-ring (bicyclic) bond motifs is 3. The summed E-state index contributed by atoms with van der Waals surface area (Å²) in [6.07, 6.45) is 5.52. The number of unbranched alkanes of at least 4 members (excludes halogenated alkanes) is 2. The number of halogens is 2. The molecule has 0 bridgehead atoms. The molecule has 146 valence electrons. The predicted molar refractivity (Wildman–Crippen MR) is 113 cm³/mol. The summed E-state index contributed by atoms with van der Waals surface area (Å²) in [6.45, 7) is 2.15. The maximum Gasteiger partial charge on any atom is 0.141 e. The van der Waals surface area contributed by atoms with Crippen molar-refractivity contribution in [2.75, 3.05) is 0 Å². The number of nitrogens with zero attached hydrogens (tertiary/aromatic N) is 1. The zero-order chi connectivity index (χ0) is 20.4. The lowest BCUT2D eigenvalue weighted by Gasteiger charge is -2.22. The summed E-state index contributed by atoms with van der Waals surface area (Å²) in [6, 6.07) is 16.5. The van der Waals surface area contributed by atoms with Gasteiger partial charge in [0.15, 0.2) is 0 Å². The largest absolute Gasteiger partial charge is 0.206 e. The number of hydrogen-bond donors (Lipinski definition) is 0. The predicted octanol–water partition coefficient (Wildman–Crippen LogP) is 7.00. The molecule has 0 radical (unpaired) electrons. The third-order valence-corrected chi connectivity index (χ3v) is 5.84. The van der Waals surface area contributed by atoms with Crippen molar-refractivity contribution in [3.05, 3.63) is 82.4 Å². The first-order chi connectivity index (χ1) is 14.1. The average Bonchev–Trinajstić information content (AvgIpc) is 2.74. The molecule has 0 aliphatic heterocycles. The highest BCUT2D eigenvalue weighted by molar-refractivity contribution is 5.78. The molecule has 3 heteroatoms. The van der Waals surface area contributed by atoms with E-state index in [0.717, 1.165) is 71.0 Å². The monoisotopic (exact) mass is 387 g/mol. The minimum atomic E-state index is -0.509. The molecule has 0 spiro atoms. The van der Waals surface area contributed by atoms with E-state index in [1.165, 1.54) is 12.1 Å². The molecule has 3 aromatic rings. The van der Waals surface area contributed by atoms with Gasteiger partial charge < -0.3 is 0 Å². The van der Waals surface area contributed by atoms with Crippen LogP contribution >= 0.6 is 0 Å². The molecule has 1 aliphatic carbocycles. The van der Waals surface area contributed by atoms with Crippen LogP contribution in [0.25, 0.3) is 22.3 Å². The molecule has 0 atom stereocenters. The van der Waals surface area contributed by atoms with Gasteiger partial charge in [-0.25, -0.2) is 8.78 Å². The Balaban J connectivity index is 1.68. The molecule has 1 nitrogen and oxygen atoms in total. The number of nitriles is 1. The van der Waals surface area contributed by atoms with E-state index in [1.54, 1.807) is 6.07 Å². The Kier molecular flexibility index (Phi) is 5.45. The van der Waals surface area contributed by atoms with E-state index in [2.05, 4.69) is 19.1 Å². The van der Waals surface area contributed by atoms with Gasteiger partial charge >= 0.3 is 0 Å². The second-order valence-electron chi connectivity index (χ2n) is 7.70. The zero-order valence-electron chi connectivity index (χ0n) is 16.6. The molecule has 3 aromatic carbocycles. The van der Waals surface area contributed by atoms with E-state index >= 15 is 4.39 Å². The fraction of sp³-hybridized carbons (Fsp3) is 0.269. The number of aryl methyl sites for hydroxylation is 2. The van der Waals surface area contributed by atoms with Crippen LogP contribution in [0, 0.1) is 23.0 Å². The minimum absolute atomic E-state index is 0.0394. The van der Waals surface area contributed by atoms with Gasteiger partial charge in [-0.1, -0.05) is 56.2 Å². The van der Waals surface area contributed by atoms with E-state index in [4.69, 9.17) is 5.26 Å². The van der Waals surface area contributed by atoms with Gasteiger partial charge in [-0.15, -0.1) is 0 Å². The maximum absolute atomic E-state index is 15.1. The van der Waals surface area contributed by atoms with Crippen LogP contribution in [0.2, 0.25) is 0 Å². The molecule has 4 rings (SSSR count). The first-order valence-corrected chi connectivity index (χ1v) is 10.3. The molecule has 0 fully saturated rings. The average molecular weight is 387 g/mol. The molecule has 0 saturated heterocycles. The van der Waals surface area contributed by atoms with Crippen molar-refractivity contribution in [1.82, 2.24) is 0 Å². The van der Waals surface area contributed by atoms with Crippen molar-refractivity contribution in [2.24, 2.45) is 0 Å². The van der Waals surface area contributed by atoms with E-state index in [0.29, 0.717) is 6.42 Å². The van der Waals surface area contributed by atoms with Crippen LogP contribution in [0.4, 0.5) is 8.78 Å². The van der Waals surface area contributed by atoms with E-state index in [1.807, 2.05) is 24.3 Å². The number of benzene rings is 3. The molecule has 0 N–H and O–H groups in total. The van der Waals surface area contributed by atoms with Gasteiger partial charge in [-0.3, -0.25) is 0 Å². The van der Waals surface area contributed by atoms with E-state index < -0.39 is 5.82 Å². The van der Waals surface area contributed by atoms with Gasteiger partial charge in [0.05, 0.1) is 5.56 Å². The summed E-state index contributed by atoms with van der Waals surface area (Å²) in [7, 11) is 0. The Morgan fingerprint density at radius 2 is 1.66 bits per heavy atom. The lowest BCUT2D eigenvalue weighted by molar-refractivity contribution is 0.582. The van der Waals surface area contributed by atoms with Gasteiger partial charge in [-0.05, 0) is 76.8 Å². The van der Waals surface area contributed by atoms with Gasteiger partial charge in [0, 0.05) is 0 Å². The third kappa shape index (κ3) is 3.68. The summed E-state index contributed by atoms with van der Waals surface area (Å²) in [4.78, 5) is 0. The van der Waals surface area contributed by atoms with Crippen molar-refractivity contribution in [3.8, 4) is 28.3 Å². The third-order valence-electron chi connectivity index (χ3n) is 5.84. The standard InChI is InChI=1S/C26H23F2N/c1-2-3-4-5-17-8-12-23-22-11-9-18(14-20(22)10-13-24(23)26(17)28)19-6-7-21(16-29)25(27)15-19/h6-9,11-12,14-15H,2-5,10,13H2,1H3. The molecule has 1 aliphatic rings. The lowest BCUT2D eigenvalue weighted by atomic mass is 9.82. The second-order valence-corrected chi connectivity index (χ2v) is 7.70. The highest BCUT2D eigenvalue weighted by atomic mass is 19.1. The highest BCUT2D eigenvalue weighted by Gasteiger charge is 2.21. The quantitative estimate of drug-likeness (QED) is 0.432. The highest BCUT2D eigenvalue weighted by Crippen LogP contribution is 2.38. The van der Waals surface area contributed by atoms with Gasteiger partial charge in [-0.2, -0.15) is 5.26 Å². The molecule has 0 saturated carbocycles. The first-order valence-electron chi connectivity index (χ1n) is 10.3. The Morgan fingerprint density at radius 3 is 2.41 bits per heavy atom. The van der Waals surface area contributed by atoms with Crippen molar-refractivity contribution in [1.29, 1.82) is 5.26 Å². The van der Waals surface area contributed by atoms with Crippen LogP contribution in [0.1, 0.15) is 48.4 Å². The van der Waals surface area contributed by atoms with Crippen molar-refractivity contribution >= 4 is 0 Å². The van der Waals surface area contributed by atoms with Crippen LogP contribution in [-0.4, -0.2) is 0 Å². The summed E-state index contributed by atoms with van der Waals surface area (Å²) in [5.41, 5.74) is 6.53. The molecule has 0 aromatic heterocycles. The molecule has 29 heavy (non-hydrogen) atoms. The zero-order valence-corrected chi connectivity index (χ0v) is 16.6. The Hall–Kier alpha value is -2.99. The van der Waals surface area contributed by atoms with Crippen LogP contribution < -0.4 is 0 Å². The minimum Gasteiger partial charge on any atom is -0.206 e. The van der Waals surface area contributed by atoms with Crippen molar-refractivity contribution < 1.29 is 8.78 Å². The normalized spacial score (nSPS) is 12.2. The summed E-state index contributed by atoms with van der Waals surface area (Å²) in [5.74, 6) is -0.548. The maximum atomic E-state index is 15.1. The molecular weight excluding hydrogens is 364 g/mol. The fourth-order valence-corrected chi connectivity index (χ4v) is 4.21. The summed E-state index contributed by atoms with van der Waals surface area (Å²) < 4.78 is 29.1. The van der Waals surface area contributed by atoms with Crippen LogP contribution in [0.5, 0.6) is 0 Å². The summed E-state index contributed by atoms with van der Waals surface area (Å²) >= 11 is 0. The molecular formula is C26H23F2N. The lowest BCUT2D eigenvalue weighted by Crippen LogP contribution is -2.08. The van der Waals surface area contributed by atoms with Gasteiger partial charge in [0.2, 0.25) is 0 Å². The molecule has 0 unspecified atom stereocenters. The SMILES string of the molecule is CCCCCc1ccc2c(c1F)CCc1cc(-c3ccc(C#N)c(F)c3)ccc1-2. The topological polar surface area (TPSA) is 23.8 Å². The first kappa shape index (κ1) is 19.3. The van der Waals surface area contributed by atoms with Crippen LogP contribution in [0.3, 0.4) is 0 Å². The smallest absolute Gasteiger partial charge is 0.141 e. The Morgan fingerprint density at radius 1 is 0.897 bits per heavy atom. The van der Waals surface area contributed by atoms with Crippen LogP contribution in [-0.2, 0) is 19.3 Å². The Labute approximate surface area is 170 Å². The molecule has 0 amide bonds. The van der Waals surface area contributed by atoms with E-state index in [-0.39, 0.29) is 11.4 Å². The van der Waals surface area contributed by atoms with Gasteiger partial charge in [0.1, 0.15) is 17.7 Å². The fourth-order valence-electron chi connectivity index (χ4n) is 4.21. The summed E-state index contributed by atoms with van der Waals surface area (Å²) in [5, 5.41) is 8.91. The van der Waals surface area contributed by atoms with Crippen molar-refractivity contribution in [3.63, 3.8) is 0 Å². The Bertz CT molecular complexity index is 1110. The van der Waals surface area contributed by atoms with E-state index in [9.17, 15) is 4.39 Å². The van der Waals surface area contributed by atoms with Crippen LogP contribution in [0.15, 0.2) is 48.5 Å². The van der Waals surface area contributed by atoms with Gasteiger partial charge in [0.25, 0.3) is 0 Å². The second kappa shape index (κ2) is 8.17. The van der Waals surface area contributed by atoms with Crippen molar-refractivity contribution in [2.45, 2.75) is 45.4 Å². The number of hydrogen-bond acceptors (Lipinski definition) is 1. The molecule has 0 heterocycles.